The van der Waals surface area contributed by atoms with Gasteiger partial charge in [-0.25, -0.2) is 0 Å². The molecule has 0 spiro atoms. The van der Waals surface area contributed by atoms with Crippen LogP contribution in [0.3, 0.4) is 0 Å². The average molecular weight is 347 g/mol. The van der Waals surface area contributed by atoms with E-state index < -0.39 is 17.4 Å². The van der Waals surface area contributed by atoms with Gasteiger partial charge in [0.15, 0.2) is 0 Å². The second kappa shape index (κ2) is 7.47. The molecule has 0 aromatic heterocycles. The highest BCUT2D eigenvalue weighted by Crippen LogP contribution is 2.24. The standard InChI is InChI=1S/C18H19ClN2O3/c1-18(17(20)23,14-4-3-5-15(19)10-14)21-16(22)13-8-6-12(7-9-13)11-24-2/h3-10H,11H2,1-2H3,(H2,20,23)(H,21,22)/t18-/m0/s1. The molecule has 2 aromatic carbocycles. The fraction of sp³-hybridized carbons (Fsp3) is 0.222. The van der Waals surface area contributed by atoms with Crippen molar-refractivity contribution in [1.29, 1.82) is 0 Å². The number of amides is 2. The molecule has 2 aromatic rings. The third kappa shape index (κ3) is 3.93. The number of hydrogen-bond donors (Lipinski definition) is 2. The van der Waals surface area contributed by atoms with E-state index >= 15 is 0 Å². The van der Waals surface area contributed by atoms with Crippen molar-refractivity contribution in [2.45, 2.75) is 19.1 Å². The fourth-order valence-corrected chi connectivity index (χ4v) is 2.48. The van der Waals surface area contributed by atoms with Gasteiger partial charge in [-0.3, -0.25) is 9.59 Å². The van der Waals surface area contributed by atoms with Gasteiger partial charge in [-0.1, -0.05) is 35.9 Å². The smallest absolute Gasteiger partial charge is 0.252 e. The number of benzene rings is 2. The van der Waals surface area contributed by atoms with Crippen molar-refractivity contribution in [2.75, 3.05) is 7.11 Å². The van der Waals surface area contributed by atoms with Crippen LogP contribution >= 0.6 is 11.6 Å². The van der Waals surface area contributed by atoms with E-state index in [-0.39, 0.29) is 0 Å². The maximum absolute atomic E-state index is 12.5. The van der Waals surface area contributed by atoms with Crippen LogP contribution in [-0.4, -0.2) is 18.9 Å². The van der Waals surface area contributed by atoms with Crippen molar-refractivity contribution in [2.24, 2.45) is 5.73 Å². The van der Waals surface area contributed by atoms with Crippen LogP contribution in [0.15, 0.2) is 48.5 Å². The quantitative estimate of drug-likeness (QED) is 0.843. The van der Waals surface area contributed by atoms with Gasteiger partial charge in [0.05, 0.1) is 6.61 Å². The largest absolute Gasteiger partial charge is 0.380 e. The molecule has 2 amide bonds. The van der Waals surface area contributed by atoms with Gasteiger partial charge in [0.1, 0.15) is 5.54 Å². The first-order valence-corrected chi connectivity index (χ1v) is 7.71. The van der Waals surface area contributed by atoms with Crippen molar-refractivity contribution in [3.8, 4) is 0 Å². The molecular formula is C18H19ClN2O3. The van der Waals surface area contributed by atoms with Crippen LogP contribution in [-0.2, 0) is 21.7 Å². The second-order valence-electron chi connectivity index (χ2n) is 5.58. The Hall–Kier alpha value is -2.37. The summed E-state index contributed by atoms with van der Waals surface area (Å²) in [5, 5.41) is 3.16. The van der Waals surface area contributed by atoms with E-state index in [1.807, 2.05) is 0 Å². The van der Waals surface area contributed by atoms with Gasteiger partial charge < -0.3 is 15.8 Å². The Bertz CT molecular complexity index is 746. The van der Waals surface area contributed by atoms with E-state index in [9.17, 15) is 9.59 Å². The van der Waals surface area contributed by atoms with Crippen molar-refractivity contribution in [1.82, 2.24) is 5.32 Å². The fourth-order valence-electron chi connectivity index (χ4n) is 2.29. The lowest BCUT2D eigenvalue weighted by atomic mass is 9.90. The topological polar surface area (TPSA) is 81.4 Å². The molecule has 0 saturated heterocycles. The predicted octanol–water partition coefficient (Wildman–Crippen LogP) is 2.62. The van der Waals surface area contributed by atoms with E-state index in [4.69, 9.17) is 22.1 Å². The molecule has 5 nitrogen and oxygen atoms in total. The number of ether oxygens (including phenoxy) is 1. The summed E-state index contributed by atoms with van der Waals surface area (Å²) in [6, 6.07) is 13.6. The molecule has 0 aliphatic carbocycles. The lowest BCUT2D eigenvalue weighted by Gasteiger charge is -2.28. The zero-order chi connectivity index (χ0) is 17.7. The van der Waals surface area contributed by atoms with Gasteiger partial charge in [-0.05, 0) is 42.3 Å². The van der Waals surface area contributed by atoms with E-state index in [2.05, 4.69) is 5.32 Å². The van der Waals surface area contributed by atoms with Gasteiger partial charge in [0.25, 0.3) is 5.91 Å². The second-order valence-corrected chi connectivity index (χ2v) is 6.02. The summed E-state index contributed by atoms with van der Waals surface area (Å²) >= 11 is 5.98. The molecule has 0 heterocycles. The molecule has 0 aliphatic heterocycles. The van der Waals surface area contributed by atoms with Crippen molar-refractivity contribution in [3.63, 3.8) is 0 Å². The Labute approximate surface area is 145 Å². The lowest BCUT2D eigenvalue weighted by molar-refractivity contribution is -0.123. The number of nitrogens with one attached hydrogen (secondary N) is 1. The molecule has 0 unspecified atom stereocenters. The Morgan fingerprint density at radius 2 is 1.88 bits per heavy atom. The number of rotatable bonds is 6. The third-order valence-corrected chi connectivity index (χ3v) is 4.02. The van der Waals surface area contributed by atoms with Gasteiger partial charge >= 0.3 is 0 Å². The molecule has 0 aliphatic rings. The summed E-state index contributed by atoms with van der Waals surface area (Å²) < 4.78 is 5.04. The van der Waals surface area contributed by atoms with Gasteiger partial charge in [-0.15, -0.1) is 0 Å². The average Bonchev–Trinajstić information content (AvgIpc) is 2.55. The Kier molecular flexibility index (Phi) is 5.59. The van der Waals surface area contributed by atoms with Crippen LogP contribution in [0.25, 0.3) is 0 Å². The SMILES string of the molecule is COCc1ccc(C(=O)N[C@](C)(C(N)=O)c2cccc(Cl)c2)cc1. The first-order chi connectivity index (χ1) is 11.4. The number of primary amides is 1. The molecule has 0 fully saturated rings. The van der Waals surface area contributed by atoms with Gasteiger partial charge in [0.2, 0.25) is 5.91 Å². The molecule has 2 rings (SSSR count). The lowest BCUT2D eigenvalue weighted by Crippen LogP contribution is -2.52. The Morgan fingerprint density at radius 1 is 1.21 bits per heavy atom. The third-order valence-electron chi connectivity index (χ3n) is 3.79. The molecular weight excluding hydrogens is 328 g/mol. The first kappa shape index (κ1) is 18.0. The summed E-state index contributed by atoms with van der Waals surface area (Å²) in [5.74, 6) is -1.07. The molecule has 126 valence electrons. The summed E-state index contributed by atoms with van der Waals surface area (Å²) in [5.41, 5.74) is 6.05. The molecule has 0 saturated carbocycles. The number of nitrogens with two attached hydrogens (primary N) is 1. The monoisotopic (exact) mass is 346 g/mol. The molecule has 0 bridgehead atoms. The normalized spacial score (nSPS) is 13.1. The minimum atomic E-state index is -1.37. The number of halogens is 1. The van der Waals surface area contributed by atoms with E-state index in [1.54, 1.807) is 62.6 Å². The minimum absolute atomic E-state index is 0.403. The van der Waals surface area contributed by atoms with E-state index in [1.165, 1.54) is 0 Å². The minimum Gasteiger partial charge on any atom is -0.380 e. The van der Waals surface area contributed by atoms with Crippen LogP contribution < -0.4 is 11.1 Å². The van der Waals surface area contributed by atoms with Crippen molar-refractivity contribution < 1.29 is 14.3 Å². The number of hydrogen-bond acceptors (Lipinski definition) is 3. The van der Waals surface area contributed by atoms with E-state index in [0.29, 0.717) is 22.8 Å². The molecule has 24 heavy (non-hydrogen) atoms. The molecule has 6 heteroatoms. The first-order valence-electron chi connectivity index (χ1n) is 7.33. The number of carbonyl (C=O) groups is 2. The summed E-state index contributed by atoms with van der Waals surface area (Å²) in [6.07, 6.45) is 0. The number of methoxy groups -OCH3 is 1. The maximum atomic E-state index is 12.5. The summed E-state index contributed by atoms with van der Waals surface area (Å²) in [6.45, 7) is 2.02. The molecule has 0 radical (unpaired) electrons. The van der Waals surface area contributed by atoms with Crippen LogP contribution in [0.1, 0.15) is 28.4 Å². The highest BCUT2D eigenvalue weighted by Gasteiger charge is 2.35. The van der Waals surface area contributed by atoms with Crippen LogP contribution in [0.2, 0.25) is 5.02 Å². The zero-order valence-corrected chi connectivity index (χ0v) is 14.3. The maximum Gasteiger partial charge on any atom is 0.252 e. The molecule has 3 N–H and O–H groups in total. The van der Waals surface area contributed by atoms with Gasteiger partial charge in [0, 0.05) is 17.7 Å². The Balaban J connectivity index is 2.27. The summed E-state index contributed by atoms with van der Waals surface area (Å²) in [7, 11) is 1.60. The zero-order valence-electron chi connectivity index (χ0n) is 13.5. The Morgan fingerprint density at radius 3 is 2.42 bits per heavy atom. The van der Waals surface area contributed by atoms with Crippen LogP contribution in [0, 0.1) is 0 Å². The highest BCUT2D eigenvalue weighted by atomic mass is 35.5. The van der Waals surface area contributed by atoms with Crippen molar-refractivity contribution in [3.05, 3.63) is 70.2 Å². The molecule has 1 atom stereocenters. The number of carbonyl (C=O) groups excluding carboxylic acids is 2. The van der Waals surface area contributed by atoms with Gasteiger partial charge in [-0.2, -0.15) is 0 Å². The predicted molar refractivity (Wildman–Crippen MR) is 92.6 cm³/mol. The van der Waals surface area contributed by atoms with E-state index in [0.717, 1.165) is 5.56 Å². The van der Waals surface area contributed by atoms with Crippen molar-refractivity contribution >= 4 is 23.4 Å². The van der Waals surface area contributed by atoms with Crippen LogP contribution in [0.5, 0.6) is 0 Å². The summed E-state index contributed by atoms with van der Waals surface area (Å²) in [4.78, 5) is 24.5. The highest BCUT2D eigenvalue weighted by molar-refractivity contribution is 6.30. The van der Waals surface area contributed by atoms with Crippen LogP contribution in [0.4, 0.5) is 0 Å².